The molecule has 2 N–H and O–H groups in total. The van der Waals surface area contributed by atoms with E-state index in [1.807, 2.05) is 20.8 Å². The number of rotatable bonds is 7. The van der Waals surface area contributed by atoms with Gasteiger partial charge in [0.1, 0.15) is 5.60 Å². The number of hydrogen-bond acceptors (Lipinski definition) is 4. The van der Waals surface area contributed by atoms with Gasteiger partial charge in [-0.05, 0) is 33.6 Å². The van der Waals surface area contributed by atoms with Crippen molar-refractivity contribution in [2.24, 2.45) is 0 Å². The second-order valence-corrected chi connectivity index (χ2v) is 5.08. The van der Waals surface area contributed by atoms with Gasteiger partial charge in [0, 0.05) is 6.42 Å². The zero-order valence-corrected chi connectivity index (χ0v) is 10.7. The van der Waals surface area contributed by atoms with Crippen molar-refractivity contribution >= 4 is 11.9 Å². The zero-order valence-electron chi connectivity index (χ0n) is 10.7. The molecule has 0 aliphatic heterocycles. The van der Waals surface area contributed by atoms with Gasteiger partial charge in [0.2, 0.25) is 0 Å². The lowest BCUT2D eigenvalue weighted by atomic mass is 10.1. The standard InChI is InChI=1S/C12H22O5/c1-12(2,3)17-11(16)7-5-4-6-9(13)8-10(14)15/h9,13H,4-8H2,1-3H3,(H,14,15). The van der Waals surface area contributed by atoms with E-state index in [-0.39, 0.29) is 12.4 Å². The molecule has 5 nitrogen and oxygen atoms in total. The Morgan fingerprint density at radius 3 is 2.29 bits per heavy atom. The number of esters is 1. The highest BCUT2D eigenvalue weighted by molar-refractivity contribution is 5.69. The molecule has 1 unspecified atom stereocenters. The summed E-state index contributed by atoms with van der Waals surface area (Å²) >= 11 is 0. The lowest BCUT2D eigenvalue weighted by Gasteiger charge is -2.19. The molecule has 0 heterocycles. The van der Waals surface area contributed by atoms with E-state index in [1.54, 1.807) is 0 Å². The molecule has 0 amide bonds. The predicted molar refractivity (Wildman–Crippen MR) is 62.6 cm³/mol. The first-order valence-corrected chi connectivity index (χ1v) is 5.82. The van der Waals surface area contributed by atoms with E-state index < -0.39 is 17.7 Å². The molecule has 0 spiro atoms. The van der Waals surface area contributed by atoms with Gasteiger partial charge >= 0.3 is 11.9 Å². The number of carboxylic acids is 1. The molecule has 0 aliphatic rings. The molecule has 5 heteroatoms. The summed E-state index contributed by atoms with van der Waals surface area (Å²) in [5.41, 5.74) is -0.472. The van der Waals surface area contributed by atoms with Gasteiger partial charge in [0.05, 0.1) is 12.5 Å². The fourth-order valence-corrected chi connectivity index (χ4v) is 1.35. The van der Waals surface area contributed by atoms with Gasteiger partial charge < -0.3 is 14.9 Å². The van der Waals surface area contributed by atoms with Gasteiger partial charge in [-0.1, -0.05) is 6.42 Å². The molecule has 1 atom stereocenters. The van der Waals surface area contributed by atoms with E-state index in [1.165, 1.54) is 0 Å². The fourth-order valence-electron chi connectivity index (χ4n) is 1.35. The lowest BCUT2D eigenvalue weighted by Crippen LogP contribution is -2.23. The average Bonchev–Trinajstić information content (AvgIpc) is 2.08. The smallest absolute Gasteiger partial charge is 0.306 e. The summed E-state index contributed by atoms with van der Waals surface area (Å²) in [4.78, 5) is 21.6. The summed E-state index contributed by atoms with van der Waals surface area (Å²) in [5, 5.41) is 17.7. The van der Waals surface area contributed by atoms with Crippen molar-refractivity contribution in [2.75, 3.05) is 0 Å². The maximum Gasteiger partial charge on any atom is 0.306 e. The van der Waals surface area contributed by atoms with Crippen LogP contribution in [0.2, 0.25) is 0 Å². The Hall–Kier alpha value is -1.10. The minimum atomic E-state index is -1.01. The highest BCUT2D eigenvalue weighted by atomic mass is 16.6. The third kappa shape index (κ3) is 11.2. The molecule has 0 aliphatic carbocycles. The van der Waals surface area contributed by atoms with Crippen LogP contribution in [0.5, 0.6) is 0 Å². The summed E-state index contributed by atoms with van der Waals surface area (Å²) in [7, 11) is 0. The zero-order chi connectivity index (χ0) is 13.5. The minimum Gasteiger partial charge on any atom is -0.481 e. The largest absolute Gasteiger partial charge is 0.481 e. The molecule has 17 heavy (non-hydrogen) atoms. The summed E-state index contributed by atoms with van der Waals surface area (Å²) in [5.74, 6) is -1.27. The van der Waals surface area contributed by atoms with Gasteiger partial charge in [-0.15, -0.1) is 0 Å². The molecule has 0 aromatic carbocycles. The fraction of sp³-hybridized carbons (Fsp3) is 0.833. The maximum atomic E-state index is 11.3. The molecular weight excluding hydrogens is 224 g/mol. The third-order valence-electron chi connectivity index (χ3n) is 2.00. The van der Waals surface area contributed by atoms with E-state index >= 15 is 0 Å². The second-order valence-electron chi connectivity index (χ2n) is 5.08. The van der Waals surface area contributed by atoms with Crippen LogP contribution in [-0.2, 0) is 14.3 Å². The second kappa shape index (κ2) is 7.27. The molecule has 0 fully saturated rings. The van der Waals surface area contributed by atoms with Crippen molar-refractivity contribution < 1.29 is 24.5 Å². The van der Waals surface area contributed by atoms with E-state index in [9.17, 15) is 14.7 Å². The van der Waals surface area contributed by atoms with Gasteiger partial charge in [-0.3, -0.25) is 9.59 Å². The molecule has 0 bridgehead atoms. The predicted octanol–water partition coefficient (Wildman–Crippen LogP) is 1.72. The van der Waals surface area contributed by atoms with Crippen molar-refractivity contribution in [1.29, 1.82) is 0 Å². The number of aliphatic hydroxyl groups is 1. The maximum absolute atomic E-state index is 11.3. The summed E-state index contributed by atoms with van der Waals surface area (Å²) in [6.07, 6.45) is 0.851. The molecule has 0 saturated heterocycles. The highest BCUT2D eigenvalue weighted by Crippen LogP contribution is 2.11. The van der Waals surface area contributed by atoms with Gasteiger partial charge in [-0.2, -0.15) is 0 Å². The van der Waals surface area contributed by atoms with Crippen LogP contribution in [0.4, 0.5) is 0 Å². The molecule has 0 radical (unpaired) electrons. The number of carboxylic acid groups (broad SMARTS) is 1. The first-order valence-electron chi connectivity index (χ1n) is 5.82. The van der Waals surface area contributed by atoms with Gasteiger partial charge in [0.15, 0.2) is 0 Å². The van der Waals surface area contributed by atoms with E-state index in [0.717, 1.165) is 0 Å². The SMILES string of the molecule is CC(C)(C)OC(=O)CCCCC(O)CC(=O)O. The van der Waals surface area contributed by atoms with Gasteiger partial charge in [-0.25, -0.2) is 0 Å². The number of ether oxygens (including phenoxy) is 1. The average molecular weight is 246 g/mol. The molecule has 0 aromatic rings. The summed E-state index contributed by atoms with van der Waals surface area (Å²) in [6, 6.07) is 0. The van der Waals surface area contributed by atoms with Crippen molar-refractivity contribution in [2.45, 2.75) is 64.6 Å². The number of unbranched alkanes of at least 4 members (excludes halogenated alkanes) is 1. The third-order valence-corrected chi connectivity index (χ3v) is 2.00. The summed E-state index contributed by atoms with van der Waals surface area (Å²) < 4.78 is 5.11. The Labute approximate surface area is 102 Å². The molecule has 0 saturated carbocycles. The Morgan fingerprint density at radius 2 is 1.82 bits per heavy atom. The van der Waals surface area contributed by atoms with E-state index in [2.05, 4.69) is 0 Å². The Morgan fingerprint density at radius 1 is 1.24 bits per heavy atom. The van der Waals surface area contributed by atoms with Crippen LogP contribution in [0.25, 0.3) is 0 Å². The van der Waals surface area contributed by atoms with Crippen molar-refractivity contribution in [3.63, 3.8) is 0 Å². The van der Waals surface area contributed by atoms with Crippen LogP contribution >= 0.6 is 0 Å². The molecule has 0 rings (SSSR count). The van der Waals surface area contributed by atoms with Crippen molar-refractivity contribution in [3.8, 4) is 0 Å². The van der Waals surface area contributed by atoms with Crippen LogP contribution in [0.1, 0.15) is 52.9 Å². The highest BCUT2D eigenvalue weighted by Gasteiger charge is 2.16. The van der Waals surface area contributed by atoms with Crippen molar-refractivity contribution in [3.05, 3.63) is 0 Å². The Bertz CT molecular complexity index is 254. The Balaban J connectivity index is 3.58. The van der Waals surface area contributed by atoms with Crippen LogP contribution in [0.3, 0.4) is 0 Å². The van der Waals surface area contributed by atoms with Crippen LogP contribution in [0.15, 0.2) is 0 Å². The van der Waals surface area contributed by atoms with Gasteiger partial charge in [0.25, 0.3) is 0 Å². The topological polar surface area (TPSA) is 83.8 Å². The van der Waals surface area contributed by atoms with Crippen LogP contribution in [0, 0.1) is 0 Å². The molecular formula is C12H22O5. The number of aliphatic hydroxyl groups excluding tert-OH is 1. The number of hydrogen-bond donors (Lipinski definition) is 2. The first kappa shape index (κ1) is 15.9. The normalized spacial score (nSPS) is 13.2. The Kier molecular flexibility index (Phi) is 6.80. The summed E-state index contributed by atoms with van der Waals surface area (Å²) in [6.45, 7) is 5.42. The quantitative estimate of drug-likeness (QED) is 0.528. The van der Waals surface area contributed by atoms with E-state index in [0.29, 0.717) is 25.7 Å². The molecule has 100 valence electrons. The number of carbonyl (C=O) groups excluding carboxylic acids is 1. The number of carbonyl (C=O) groups is 2. The van der Waals surface area contributed by atoms with Crippen LogP contribution < -0.4 is 0 Å². The van der Waals surface area contributed by atoms with Crippen molar-refractivity contribution in [1.82, 2.24) is 0 Å². The number of aliphatic carboxylic acids is 1. The minimum absolute atomic E-state index is 0.244. The monoisotopic (exact) mass is 246 g/mol. The first-order chi connectivity index (χ1) is 7.70. The van der Waals surface area contributed by atoms with E-state index in [4.69, 9.17) is 9.84 Å². The molecule has 0 aromatic heterocycles. The lowest BCUT2D eigenvalue weighted by molar-refractivity contribution is -0.155. The van der Waals surface area contributed by atoms with Crippen LogP contribution in [-0.4, -0.2) is 33.9 Å².